The monoisotopic (exact) mass is 567 g/mol. The highest BCUT2D eigenvalue weighted by Crippen LogP contribution is 2.43. The zero-order valence-corrected chi connectivity index (χ0v) is 24.7. The Labute approximate surface area is 229 Å². The molecular formula is C27H54NO9P. The Morgan fingerprint density at radius 3 is 1.74 bits per heavy atom. The summed E-state index contributed by atoms with van der Waals surface area (Å²) in [5.41, 5.74) is 5.29. The normalized spacial score (nSPS) is 14.6. The third kappa shape index (κ3) is 24.0. The minimum Gasteiger partial charge on any atom is -0.480 e. The first-order valence-electron chi connectivity index (χ1n) is 14.6. The van der Waals surface area contributed by atoms with Crippen molar-refractivity contribution in [3.63, 3.8) is 0 Å². The molecular weight excluding hydrogens is 513 g/mol. The van der Waals surface area contributed by atoms with Crippen LogP contribution in [0.2, 0.25) is 0 Å². The standard InChI is InChI=1S/C27H54NO9P/c1-3-5-7-9-11-13-15-17-19-26(29)37-24(21-34-20-18-16-14-12-10-8-6-4-2)22-35-38(32,33)36-23-25(28)27(30)31/h24-25H,3-23,28H2,1-2H3,(H,30,31)(H,32,33). The lowest BCUT2D eigenvalue weighted by Crippen LogP contribution is -2.34. The van der Waals surface area contributed by atoms with Crippen LogP contribution in [0.5, 0.6) is 0 Å². The van der Waals surface area contributed by atoms with E-state index >= 15 is 0 Å². The van der Waals surface area contributed by atoms with Crippen molar-refractivity contribution in [2.24, 2.45) is 5.73 Å². The van der Waals surface area contributed by atoms with Gasteiger partial charge in [0.25, 0.3) is 0 Å². The van der Waals surface area contributed by atoms with Crippen LogP contribution in [0.25, 0.3) is 0 Å². The number of ether oxygens (including phenoxy) is 2. The number of carbonyl (C=O) groups is 2. The Balaban J connectivity index is 4.43. The fraction of sp³-hybridized carbons (Fsp3) is 0.926. The Morgan fingerprint density at radius 1 is 0.737 bits per heavy atom. The van der Waals surface area contributed by atoms with Crippen molar-refractivity contribution < 1.29 is 42.7 Å². The second-order valence-electron chi connectivity index (χ2n) is 9.89. The van der Waals surface area contributed by atoms with Gasteiger partial charge in [-0.3, -0.25) is 18.6 Å². The summed E-state index contributed by atoms with van der Waals surface area (Å²) in [7, 11) is -4.58. The van der Waals surface area contributed by atoms with Gasteiger partial charge in [0.05, 0.1) is 19.8 Å². The van der Waals surface area contributed by atoms with Crippen LogP contribution < -0.4 is 5.73 Å². The van der Waals surface area contributed by atoms with Crippen LogP contribution in [0.3, 0.4) is 0 Å². The van der Waals surface area contributed by atoms with Crippen molar-refractivity contribution in [2.45, 2.75) is 135 Å². The molecule has 0 amide bonds. The van der Waals surface area contributed by atoms with Gasteiger partial charge in [-0.15, -0.1) is 0 Å². The largest absolute Gasteiger partial charge is 0.480 e. The number of aliphatic carboxylic acids is 1. The summed E-state index contributed by atoms with van der Waals surface area (Å²) < 4.78 is 32.8. The van der Waals surface area contributed by atoms with Crippen LogP contribution in [0.1, 0.15) is 123 Å². The lowest BCUT2D eigenvalue weighted by molar-refractivity contribution is -0.154. The summed E-state index contributed by atoms with van der Waals surface area (Å²) in [6.07, 6.45) is 17.5. The van der Waals surface area contributed by atoms with Gasteiger partial charge in [-0.1, -0.05) is 104 Å². The van der Waals surface area contributed by atoms with Gasteiger partial charge in [0, 0.05) is 13.0 Å². The van der Waals surface area contributed by atoms with E-state index in [-0.39, 0.29) is 13.0 Å². The molecule has 0 saturated carbocycles. The average molecular weight is 568 g/mol. The second kappa shape index (κ2) is 25.0. The number of rotatable bonds is 28. The lowest BCUT2D eigenvalue weighted by Gasteiger charge is -2.20. The molecule has 0 heterocycles. The molecule has 11 heteroatoms. The van der Waals surface area contributed by atoms with Crippen molar-refractivity contribution in [2.75, 3.05) is 26.4 Å². The Hall–Kier alpha value is -1.03. The Morgan fingerprint density at radius 2 is 1.21 bits per heavy atom. The molecule has 0 rings (SSSR count). The molecule has 0 bridgehead atoms. The number of unbranched alkanes of at least 4 members (excludes halogenated alkanes) is 14. The van der Waals surface area contributed by atoms with E-state index in [0.717, 1.165) is 38.5 Å². The SMILES string of the molecule is CCCCCCCCCCOCC(COP(=O)(O)OCC(N)C(=O)O)OC(=O)CCCCCCCCCC. The molecule has 0 aliphatic rings. The van der Waals surface area contributed by atoms with Gasteiger partial charge in [0.2, 0.25) is 0 Å². The summed E-state index contributed by atoms with van der Waals surface area (Å²) in [5.74, 6) is -1.78. The van der Waals surface area contributed by atoms with Crippen molar-refractivity contribution in [1.82, 2.24) is 0 Å². The number of phosphoric acid groups is 1. The maximum Gasteiger partial charge on any atom is 0.472 e. The van der Waals surface area contributed by atoms with E-state index in [2.05, 4.69) is 18.4 Å². The highest BCUT2D eigenvalue weighted by Gasteiger charge is 2.27. The maximum atomic E-state index is 12.3. The van der Waals surface area contributed by atoms with E-state index in [1.807, 2.05) is 0 Å². The van der Waals surface area contributed by atoms with Crippen LogP contribution in [0, 0.1) is 0 Å². The highest BCUT2D eigenvalue weighted by atomic mass is 31.2. The smallest absolute Gasteiger partial charge is 0.472 e. The summed E-state index contributed by atoms with van der Waals surface area (Å²) in [6.45, 7) is 3.78. The number of carbonyl (C=O) groups excluding carboxylic acids is 1. The number of hydrogen-bond acceptors (Lipinski definition) is 8. The van der Waals surface area contributed by atoms with Gasteiger partial charge < -0.3 is 25.2 Å². The fourth-order valence-corrected chi connectivity index (χ4v) is 4.56. The molecule has 0 radical (unpaired) electrons. The first-order valence-corrected chi connectivity index (χ1v) is 16.1. The molecule has 3 atom stereocenters. The van der Waals surface area contributed by atoms with Gasteiger partial charge in [-0.2, -0.15) is 0 Å². The number of esters is 1. The predicted octanol–water partition coefficient (Wildman–Crippen LogP) is 6.13. The summed E-state index contributed by atoms with van der Waals surface area (Å²) >= 11 is 0. The van der Waals surface area contributed by atoms with Crippen LogP contribution in [-0.2, 0) is 32.7 Å². The molecule has 38 heavy (non-hydrogen) atoms. The van der Waals surface area contributed by atoms with Crippen molar-refractivity contribution in [3.05, 3.63) is 0 Å². The van der Waals surface area contributed by atoms with Crippen molar-refractivity contribution >= 4 is 19.8 Å². The molecule has 0 aliphatic heterocycles. The van der Waals surface area contributed by atoms with Gasteiger partial charge in [-0.25, -0.2) is 4.57 Å². The lowest BCUT2D eigenvalue weighted by atomic mass is 10.1. The summed E-state index contributed by atoms with van der Waals surface area (Å²) in [6, 6.07) is -1.46. The van der Waals surface area contributed by atoms with E-state index in [0.29, 0.717) is 13.0 Å². The quantitative estimate of drug-likeness (QED) is 0.0571. The zero-order valence-electron chi connectivity index (χ0n) is 23.8. The number of hydrogen-bond donors (Lipinski definition) is 3. The van der Waals surface area contributed by atoms with Crippen LogP contribution in [0.4, 0.5) is 0 Å². The first kappa shape index (κ1) is 37.0. The Bertz CT molecular complexity index is 636. The highest BCUT2D eigenvalue weighted by molar-refractivity contribution is 7.47. The predicted molar refractivity (Wildman–Crippen MR) is 148 cm³/mol. The Kier molecular flexibility index (Phi) is 24.3. The minimum atomic E-state index is -4.58. The molecule has 10 nitrogen and oxygen atoms in total. The van der Waals surface area contributed by atoms with E-state index in [1.165, 1.54) is 57.8 Å². The van der Waals surface area contributed by atoms with Gasteiger partial charge in [-0.05, 0) is 12.8 Å². The molecule has 0 aliphatic carbocycles. The third-order valence-electron chi connectivity index (χ3n) is 6.14. The van der Waals surface area contributed by atoms with Crippen LogP contribution >= 0.6 is 7.82 Å². The topological polar surface area (TPSA) is 155 Å². The van der Waals surface area contributed by atoms with Gasteiger partial charge in [0.1, 0.15) is 12.1 Å². The minimum absolute atomic E-state index is 0.0221. The summed E-state index contributed by atoms with van der Waals surface area (Å²) in [5, 5.41) is 8.78. The molecule has 0 aromatic rings. The van der Waals surface area contributed by atoms with Crippen molar-refractivity contribution in [3.8, 4) is 0 Å². The fourth-order valence-electron chi connectivity index (χ4n) is 3.78. The van der Waals surface area contributed by atoms with E-state index < -0.39 is 45.1 Å². The van der Waals surface area contributed by atoms with Crippen molar-refractivity contribution in [1.29, 1.82) is 0 Å². The number of carboxylic acid groups (broad SMARTS) is 1. The van der Waals surface area contributed by atoms with E-state index in [4.69, 9.17) is 24.8 Å². The van der Waals surface area contributed by atoms with E-state index in [1.54, 1.807) is 0 Å². The molecule has 0 fully saturated rings. The van der Waals surface area contributed by atoms with Crippen LogP contribution in [-0.4, -0.2) is 60.5 Å². The molecule has 226 valence electrons. The molecule has 0 aromatic carbocycles. The average Bonchev–Trinajstić information content (AvgIpc) is 2.88. The third-order valence-corrected chi connectivity index (χ3v) is 7.09. The molecule has 4 N–H and O–H groups in total. The number of phosphoric ester groups is 1. The molecule has 0 aromatic heterocycles. The molecule has 3 unspecified atom stereocenters. The number of nitrogens with two attached hydrogens (primary N) is 1. The maximum absolute atomic E-state index is 12.3. The molecule has 0 saturated heterocycles. The zero-order chi connectivity index (χ0) is 28.5. The van der Waals surface area contributed by atoms with Gasteiger partial charge in [0.15, 0.2) is 0 Å². The van der Waals surface area contributed by atoms with Crippen LogP contribution in [0.15, 0.2) is 0 Å². The van der Waals surface area contributed by atoms with E-state index in [9.17, 15) is 19.0 Å². The summed E-state index contributed by atoms with van der Waals surface area (Å²) in [4.78, 5) is 32.9. The second-order valence-corrected chi connectivity index (χ2v) is 11.3. The van der Waals surface area contributed by atoms with Gasteiger partial charge >= 0.3 is 19.8 Å². The molecule has 0 spiro atoms. The first-order chi connectivity index (χ1) is 18.2. The number of carboxylic acids is 1.